The van der Waals surface area contributed by atoms with Crippen LogP contribution in [-0.2, 0) is 13.0 Å². The van der Waals surface area contributed by atoms with Gasteiger partial charge in [-0.1, -0.05) is 26.7 Å². The lowest BCUT2D eigenvalue weighted by Gasteiger charge is -2.23. The second kappa shape index (κ2) is 6.98. The van der Waals surface area contributed by atoms with Crippen molar-refractivity contribution in [3.05, 3.63) is 23.5 Å². The van der Waals surface area contributed by atoms with Crippen molar-refractivity contribution in [1.29, 1.82) is 0 Å². The first-order chi connectivity index (χ1) is 8.85. The predicted octanol–water partition coefficient (Wildman–Crippen LogP) is 4.06. The van der Waals surface area contributed by atoms with Crippen LogP contribution in [0.25, 0.3) is 0 Å². The van der Waals surface area contributed by atoms with E-state index in [1.165, 1.54) is 51.5 Å². The minimum absolute atomic E-state index is 0.612. The van der Waals surface area contributed by atoms with Crippen LogP contribution in [-0.4, -0.2) is 11.1 Å². The van der Waals surface area contributed by atoms with Gasteiger partial charge in [-0.25, -0.2) is 0 Å². The molecule has 1 heterocycles. The molecule has 2 nitrogen and oxygen atoms in total. The van der Waals surface area contributed by atoms with Gasteiger partial charge in [0.25, 0.3) is 0 Å². The molecule has 0 saturated heterocycles. The Labute approximate surface area is 112 Å². The van der Waals surface area contributed by atoms with Gasteiger partial charge in [-0.3, -0.25) is 0 Å². The van der Waals surface area contributed by atoms with Gasteiger partial charge in [-0.15, -0.1) is 0 Å². The van der Waals surface area contributed by atoms with Gasteiger partial charge in [0.15, 0.2) is 0 Å². The van der Waals surface area contributed by atoms with Gasteiger partial charge in [0.1, 0.15) is 0 Å². The van der Waals surface area contributed by atoms with E-state index >= 15 is 0 Å². The number of fused-ring (bicyclic) bond motifs is 1. The maximum atomic E-state index is 3.69. The molecule has 2 rings (SSSR count). The van der Waals surface area contributed by atoms with Crippen molar-refractivity contribution in [1.82, 2.24) is 9.88 Å². The van der Waals surface area contributed by atoms with E-state index in [1.807, 2.05) is 0 Å². The average molecular weight is 248 g/mol. The maximum Gasteiger partial charge on any atom is 0.0338 e. The van der Waals surface area contributed by atoms with E-state index in [1.54, 1.807) is 11.1 Å². The highest BCUT2D eigenvalue weighted by atomic mass is 15.0. The molecule has 1 aliphatic carbocycles. The molecule has 0 aromatic carbocycles. The first-order valence-electron chi connectivity index (χ1n) is 7.77. The molecule has 1 aromatic rings. The molecule has 0 spiro atoms. The summed E-state index contributed by atoms with van der Waals surface area (Å²) in [5.41, 5.74) is 3.16. The fourth-order valence-corrected chi connectivity index (χ4v) is 2.95. The lowest BCUT2D eigenvalue weighted by atomic mass is 9.91. The lowest BCUT2D eigenvalue weighted by Crippen LogP contribution is -2.24. The van der Waals surface area contributed by atoms with Gasteiger partial charge in [-0.2, -0.15) is 0 Å². The molecular weight excluding hydrogens is 220 g/mol. The number of aryl methyl sites for hydroxylation is 2. The summed E-state index contributed by atoms with van der Waals surface area (Å²) in [6, 6.07) is 0.612. The second-order valence-electron chi connectivity index (χ2n) is 5.58. The molecule has 0 aliphatic heterocycles. The van der Waals surface area contributed by atoms with E-state index in [4.69, 9.17) is 0 Å². The molecule has 102 valence electrons. The Morgan fingerprint density at radius 2 is 2.11 bits per heavy atom. The molecular formula is C16H28N2. The molecule has 0 amide bonds. The van der Waals surface area contributed by atoms with Crippen LogP contribution in [0.3, 0.4) is 0 Å². The van der Waals surface area contributed by atoms with Gasteiger partial charge in [0.05, 0.1) is 0 Å². The number of hydrogen-bond donors (Lipinski definition) is 1. The largest absolute Gasteiger partial charge is 0.354 e. The standard InChI is InChI=1S/C16H28N2/c1-3-5-6-11-18-12-14-8-7-9-16(15(14)13-18)17-10-4-2/h12-13,16-17H,3-11H2,1-2H3. The average Bonchev–Trinajstić information content (AvgIpc) is 2.80. The van der Waals surface area contributed by atoms with Crippen LogP contribution in [0.1, 0.15) is 69.5 Å². The van der Waals surface area contributed by atoms with E-state index in [0.29, 0.717) is 6.04 Å². The minimum atomic E-state index is 0.612. The highest BCUT2D eigenvalue weighted by Crippen LogP contribution is 2.30. The van der Waals surface area contributed by atoms with Crippen molar-refractivity contribution < 1.29 is 0 Å². The van der Waals surface area contributed by atoms with Crippen LogP contribution in [0, 0.1) is 0 Å². The third-order valence-corrected chi connectivity index (χ3v) is 3.97. The summed E-state index contributed by atoms with van der Waals surface area (Å²) >= 11 is 0. The Morgan fingerprint density at radius 3 is 2.89 bits per heavy atom. The predicted molar refractivity (Wildman–Crippen MR) is 77.9 cm³/mol. The summed E-state index contributed by atoms with van der Waals surface area (Å²) in [5, 5.41) is 3.69. The zero-order valence-corrected chi connectivity index (χ0v) is 12.0. The summed E-state index contributed by atoms with van der Waals surface area (Å²) in [6.45, 7) is 6.85. The molecule has 0 saturated carbocycles. The van der Waals surface area contributed by atoms with Gasteiger partial charge >= 0.3 is 0 Å². The van der Waals surface area contributed by atoms with Crippen molar-refractivity contribution in [3.8, 4) is 0 Å². The highest BCUT2D eigenvalue weighted by molar-refractivity contribution is 5.30. The summed E-state index contributed by atoms with van der Waals surface area (Å²) < 4.78 is 2.42. The molecule has 2 heteroatoms. The Balaban J connectivity index is 1.98. The van der Waals surface area contributed by atoms with E-state index in [-0.39, 0.29) is 0 Å². The number of hydrogen-bond acceptors (Lipinski definition) is 1. The SMILES string of the molecule is CCCCCn1cc2c(c1)C(NCCC)CCC2. The van der Waals surface area contributed by atoms with Crippen molar-refractivity contribution in [2.45, 2.75) is 71.4 Å². The van der Waals surface area contributed by atoms with Crippen LogP contribution in [0.5, 0.6) is 0 Å². The van der Waals surface area contributed by atoms with Crippen molar-refractivity contribution in [2.75, 3.05) is 6.54 Å². The number of unbranched alkanes of at least 4 members (excludes halogenated alkanes) is 2. The Kier molecular flexibility index (Phi) is 5.30. The summed E-state index contributed by atoms with van der Waals surface area (Å²) in [7, 11) is 0. The zero-order chi connectivity index (χ0) is 12.8. The first kappa shape index (κ1) is 13.7. The second-order valence-corrected chi connectivity index (χ2v) is 5.58. The van der Waals surface area contributed by atoms with E-state index in [0.717, 1.165) is 6.54 Å². The van der Waals surface area contributed by atoms with Gasteiger partial charge < -0.3 is 9.88 Å². The Bertz CT molecular complexity index is 354. The van der Waals surface area contributed by atoms with Crippen LogP contribution in [0.4, 0.5) is 0 Å². The summed E-state index contributed by atoms with van der Waals surface area (Å²) in [6.07, 6.45) is 13.9. The van der Waals surface area contributed by atoms with Gasteiger partial charge in [0, 0.05) is 25.0 Å². The molecule has 0 bridgehead atoms. The summed E-state index contributed by atoms with van der Waals surface area (Å²) in [5.74, 6) is 0. The monoisotopic (exact) mass is 248 g/mol. The number of rotatable bonds is 7. The number of nitrogens with zero attached hydrogens (tertiary/aromatic N) is 1. The van der Waals surface area contributed by atoms with Crippen molar-refractivity contribution >= 4 is 0 Å². The quantitative estimate of drug-likeness (QED) is 0.720. The molecule has 18 heavy (non-hydrogen) atoms. The lowest BCUT2D eigenvalue weighted by molar-refractivity contribution is 0.462. The van der Waals surface area contributed by atoms with Crippen LogP contribution in [0.2, 0.25) is 0 Å². The van der Waals surface area contributed by atoms with E-state index < -0.39 is 0 Å². The van der Waals surface area contributed by atoms with Gasteiger partial charge in [-0.05, 0) is 49.8 Å². The fraction of sp³-hybridized carbons (Fsp3) is 0.750. The van der Waals surface area contributed by atoms with E-state index in [2.05, 4.69) is 36.1 Å². The first-order valence-corrected chi connectivity index (χ1v) is 7.77. The van der Waals surface area contributed by atoms with Crippen LogP contribution in [0.15, 0.2) is 12.4 Å². The molecule has 1 aromatic heterocycles. The van der Waals surface area contributed by atoms with Crippen molar-refractivity contribution in [3.63, 3.8) is 0 Å². The van der Waals surface area contributed by atoms with Crippen LogP contribution >= 0.6 is 0 Å². The zero-order valence-electron chi connectivity index (χ0n) is 12.0. The molecule has 1 aliphatic rings. The third-order valence-electron chi connectivity index (χ3n) is 3.97. The molecule has 1 unspecified atom stereocenters. The van der Waals surface area contributed by atoms with E-state index in [9.17, 15) is 0 Å². The summed E-state index contributed by atoms with van der Waals surface area (Å²) in [4.78, 5) is 0. The normalized spacial score (nSPS) is 18.9. The highest BCUT2D eigenvalue weighted by Gasteiger charge is 2.21. The molecule has 1 atom stereocenters. The fourth-order valence-electron chi connectivity index (χ4n) is 2.95. The van der Waals surface area contributed by atoms with Crippen molar-refractivity contribution in [2.24, 2.45) is 0 Å². The maximum absolute atomic E-state index is 3.69. The minimum Gasteiger partial charge on any atom is -0.354 e. The number of nitrogens with one attached hydrogen (secondary N) is 1. The topological polar surface area (TPSA) is 17.0 Å². The Morgan fingerprint density at radius 1 is 1.22 bits per heavy atom. The molecule has 0 fully saturated rings. The van der Waals surface area contributed by atoms with Gasteiger partial charge in [0.2, 0.25) is 0 Å². The third kappa shape index (κ3) is 3.38. The molecule has 0 radical (unpaired) electrons. The Hall–Kier alpha value is -0.760. The number of aromatic nitrogens is 1. The van der Waals surface area contributed by atoms with Crippen LogP contribution < -0.4 is 5.32 Å². The molecule has 1 N–H and O–H groups in total. The smallest absolute Gasteiger partial charge is 0.0338 e.